The van der Waals surface area contributed by atoms with Gasteiger partial charge in [0.25, 0.3) is 0 Å². The Morgan fingerprint density at radius 1 is 0.857 bits per heavy atom. The van der Waals surface area contributed by atoms with Crippen molar-refractivity contribution in [3.8, 4) is 11.3 Å². The standard InChI is InChI=1S/C24H24N4/c1-16(2)21(18-10-6-5-7-11-18)19-12-8-9-13-20(19)22-23-24(26-14-25-22)28(15-27-23)17(3)4/h5-15,17H,1-4H3. The van der Waals surface area contributed by atoms with E-state index in [1.165, 1.54) is 16.7 Å². The van der Waals surface area contributed by atoms with Crippen LogP contribution in [-0.2, 0) is 0 Å². The molecule has 2 aromatic heterocycles. The highest BCUT2D eigenvalue weighted by atomic mass is 15.1. The van der Waals surface area contributed by atoms with Crippen molar-refractivity contribution < 1.29 is 0 Å². The van der Waals surface area contributed by atoms with Crippen LogP contribution in [0.15, 0.2) is 72.8 Å². The van der Waals surface area contributed by atoms with E-state index in [1.807, 2.05) is 12.4 Å². The first-order valence-electron chi connectivity index (χ1n) is 9.58. The molecule has 0 aliphatic rings. The largest absolute Gasteiger partial charge is 0.313 e. The minimum absolute atomic E-state index is 0.292. The molecule has 0 saturated heterocycles. The lowest BCUT2D eigenvalue weighted by Crippen LogP contribution is -2.01. The molecule has 0 aliphatic carbocycles. The zero-order chi connectivity index (χ0) is 19.7. The van der Waals surface area contributed by atoms with Crippen LogP contribution < -0.4 is 0 Å². The van der Waals surface area contributed by atoms with Gasteiger partial charge in [-0.05, 0) is 44.4 Å². The fraction of sp³-hybridized carbons (Fsp3) is 0.208. The second kappa shape index (κ2) is 7.39. The Kier molecular flexibility index (Phi) is 4.78. The predicted molar refractivity (Wildman–Crippen MR) is 115 cm³/mol. The highest BCUT2D eigenvalue weighted by Crippen LogP contribution is 2.36. The SMILES string of the molecule is CC(C)=C(c1ccccc1)c1ccccc1-c1ncnc2c1ncn2C(C)C. The molecule has 0 fully saturated rings. The molecule has 0 unspecified atom stereocenters. The molecular weight excluding hydrogens is 344 g/mol. The number of aromatic nitrogens is 4. The monoisotopic (exact) mass is 368 g/mol. The fourth-order valence-corrected chi connectivity index (χ4v) is 3.65. The van der Waals surface area contributed by atoms with Gasteiger partial charge in [-0.3, -0.25) is 0 Å². The normalized spacial score (nSPS) is 11.2. The summed E-state index contributed by atoms with van der Waals surface area (Å²) in [5, 5.41) is 0. The number of benzene rings is 2. The van der Waals surface area contributed by atoms with E-state index in [9.17, 15) is 0 Å². The Morgan fingerprint density at radius 3 is 2.29 bits per heavy atom. The van der Waals surface area contributed by atoms with Crippen molar-refractivity contribution in [2.24, 2.45) is 0 Å². The van der Waals surface area contributed by atoms with Gasteiger partial charge < -0.3 is 4.57 Å². The van der Waals surface area contributed by atoms with Crippen molar-refractivity contribution in [3.63, 3.8) is 0 Å². The smallest absolute Gasteiger partial charge is 0.164 e. The molecule has 140 valence electrons. The van der Waals surface area contributed by atoms with Crippen LogP contribution in [0.4, 0.5) is 0 Å². The number of imidazole rings is 1. The maximum atomic E-state index is 4.66. The van der Waals surface area contributed by atoms with E-state index in [-0.39, 0.29) is 0 Å². The van der Waals surface area contributed by atoms with E-state index in [0.29, 0.717) is 6.04 Å². The first-order valence-corrected chi connectivity index (χ1v) is 9.58. The molecule has 0 bridgehead atoms. The van der Waals surface area contributed by atoms with Gasteiger partial charge in [0.1, 0.15) is 17.5 Å². The first-order chi connectivity index (χ1) is 13.6. The van der Waals surface area contributed by atoms with E-state index in [1.54, 1.807) is 6.33 Å². The highest BCUT2D eigenvalue weighted by molar-refractivity contribution is 5.95. The van der Waals surface area contributed by atoms with E-state index in [0.717, 1.165) is 28.0 Å². The van der Waals surface area contributed by atoms with E-state index >= 15 is 0 Å². The molecule has 0 saturated carbocycles. The van der Waals surface area contributed by atoms with Crippen LogP contribution >= 0.6 is 0 Å². The lowest BCUT2D eigenvalue weighted by molar-refractivity contribution is 0.612. The van der Waals surface area contributed by atoms with Crippen molar-refractivity contribution in [2.75, 3.05) is 0 Å². The molecular formula is C24H24N4. The Morgan fingerprint density at radius 2 is 1.57 bits per heavy atom. The lowest BCUT2D eigenvalue weighted by atomic mass is 9.89. The number of fused-ring (bicyclic) bond motifs is 1. The molecule has 2 aromatic carbocycles. The summed E-state index contributed by atoms with van der Waals surface area (Å²) in [5.74, 6) is 0. The maximum absolute atomic E-state index is 4.66. The summed E-state index contributed by atoms with van der Waals surface area (Å²) in [5.41, 5.74) is 8.50. The van der Waals surface area contributed by atoms with Gasteiger partial charge in [0.05, 0.1) is 6.33 Å². The summed E-state index contributed by atoms with van der Waals surface area (Å²) in [7, 11) is 0. The Balaban J connectivity index is 1.97. The summed E-state index contributed by atoms with van der Waals surface area (Å²) in [6.07, 6.45) is 3.49. The third kappa shape index (κ3) is 3.11. The average Bonchev–Trinajstić information content (AvgIpc) is 3.14. The molecule has 2 heterocycles. The molecule has 4 nitrogen and oxygen atoms in total. The summed E-state index contributed by atoms with van der Waals surface area (Å²) in [4.78, 5) is 13.8. The summed E-state index contributed by atoms with van der Waals surface area (Å²) in [6, 6.07) is 19.2. The van der Waals surface area contributed by atoms with Crippen LogP contribution in [-0.4, -0.2) is 19.5 Å². The summed E-state index contributed by atoms with van der Waals surface area (Å²) >= 11 is 0. The number of hydrogen-bond donors (Lipinski definition) is 0. The molecule has 0 atom stereocenters. The van der Waals surface area contributed by atoms with Crippen LogP contribution in [0.3, 0.4) is 0 Å². The first kappa shape index (κ1) is 18.1. The third-order valence-corrected chi connectivity index (χ3v) is 4.93. The van der Waals surface area contributed by atoms with Gasteiger partial charge in [-0.15, -0.1) is 0 Å². The van der Waals surface area contributed by atoms with Gasteiger partial charge in [0.2, 0.25) is 0 Å². The minimum Gasteiger partial charge on any atom is -0.313 e. The molecule has 4 heteroatoms. The van der Waals surface area contributed by atoms with Gasteiger partial charge in [0, 0.05) is 11.6 Å². The second-order valence-corrected chi connectivity index (χ2v) is 7.43. The Bertz CT molecular complexity index is 1150. The minimum atomic E-state index is 0.292. The van der Waals surface area contributed by atoms with Crippen molar-refractivity contribution in [2.45, 2.75) is 33.7 Å². The van der Waals surface area contributed by atoms with Crippen molar-refractivity contribution >= 4 is 16.7 Å². The third-order valence-electron chi connectivity index (χ3n) is 4.93. The van der Waals surface area contributed by atoms with Gasteiger partial charge in [-0.2, -0.15) is 0 Å². The van der Waals surface area contributed by atoms with Crippen molar-refractivity contribution in [1.29, 1.82) is 0 Å². The van der Waals surface area contributed by atoms with Crippen LogP contribution in [0.25, 0.3) is 28.0 Å². The van der Waals surface area contributed by atoms with Crippen molar-refractivity contribution in [3.05, 3.63) is 84.0 Å². The topological polar surface area (TPSA) is 43.6 Å². The van der Waals surface area contributed by atoms with Crippen LogP contribution in [0.1, 0.15) is 44.9 Å². The number of hydrogen-bond acceptors (Lipinski definition) is 3. The Hall–Kier alpha value is -3.27. The molecule has 4 rings (SSSR count). The Labute approximate surface area is 165 Å². The molecule has 0 radical (unpaired) electrons. The highest BCUT2D eigenvalue weighted by Gasteiger charge is 2.18. The fourth-order valence-electron chi connectivity index (χ4n) is 3.65. The second-order valence-electron chi connectivity index (χ2n) is 7.43. The van der Waals surface area contributed by atoms with E-state index < -0.39 is 0 Å². The van der Waals surface area contributed by atoms with Gasteiger partial charge in [0.15, 0.2) is 5.65 Å². The van der Waals surface area contributed by atoms with Crippen LogP contribution in [0.5, 0.6) is 0 Å². The molecule has 0 amide bonds. The molecule has 4 aromatic rings. The molecule has 28 heavy (non-hydrogen) atoms. The predicted octanol–water partition coefficient (Wildman–Crippen LogP) is 5.92. The van der Waals surface area contributed by atoms with Crippen molar-refractivity contribution in [1.82, 2.24) is 19.5 Å². The van der Waals surface area contributed by atoms with Crippen LogP contribution in [0, 0.1) is 0 Å². The number of rotatable bonds is 4. The molecule has 0 aliphatic heterocycles. The van der Waals surface area contributed by atoms with E-state index in [4.69, 9.17) is 0 Å². The van der Waals surface area contributed by atoms with Gasteiger partial charge >= 0.3 is 0 Å². The van der Waals surface area contributed by atoms with E-state index in [2.05, 4.69) is 95.7 Å². The van der Waals surface area contributed by atoms with Crippen LogP contribution in [0.2, 0.25) is 0 Å². The number of allylic oxidation sites excluding steroid dienone is 1. The average molecular weight is 368 g/mol. The number of nitrogens with zero attached hydrogens (tertiary/aromatic N) is 4. The summed E-state index contributed by atoms with van der Waals surface area (Å²) < 4.78 is 2.09. The lowest BCUT2D eigenvalue weighted by Gasteiger charge is -2.16. The quantitative estimate of drug-likeness (QED) is 0.449. The summed E-state index contributed by atoms with van der Waals surface area (Å²) in [6.45, 7) is 8.57. The molecule has 0 spiro atoms. The maximum Gasteiger partial charge on any atom is 0.164 e. The van der Waals surface area contributed by atoms with Gasteiger partial charge in [-0.1, -0.05) is 60.2 Å². The zero-order valence-electron chi connectivity index (χ0n) is 16.7. The molecule has 0 N–H and O–H groups in total. The zero-order valence-corrected chi connectivity index (χ0v) is 16.7. The van der Waals surface area contributed by atoms with Gasteiger partial charge in [-0.25, -0.2) is 15.0 Å².